The number of anilines is 2. The topological polar surface area (TPSA) is 92.3 Å². The largest absolute Gasteiger partial charge is 0.299 e. The van der Waals surface area contributed by atoms with E-state index in [4.69, 9.17) is 11.6 Å². The molecule has 0 saturated heterocycles. The van der Waals surface area contributed by atoms with Gasteiger partial charge in [-0.25, -0.2) is 8.42 Å². The molecule has 1 heterocycles. The summed E-state index contributed by atoms with van der Waals surface area (Å²) in [5.74, 6) is 0.304. The number of benzene rings is 2. The average molecular weight is 497 g/mol. The molecular weight excluding hydrogens is 476 g/mol. The van der Waals surface area contributed by atoms with Crippen molar-refractivity contribution in [3.63, 3.8) is 0 Å². The van der Waals surface area contributed by atoms with Crippen LogP contribution in [0.5, 0.6) is 0 Å². The van der Waals surface area contributed by atoms with Gasteiger partial charge in [-0.1, -0.05) is 65.4 Å². The Morgan fingerprint density at radius 1 is 1.16 bits per heavy atom. The van der Waals surface area contributed by atoms with Crippen LogP contribution >= 0.6 is 34.7 Å². The average Bonchev–Trinajstić information content (AvgIpc) is 3.15. The summed E-state index contributed by atoms with van der Waals surface area (Å²) in [6.45, 7) is 5.19. The monoisotopic (exact) mass is 496 g/mol. The van der Waals surface area contributed by atoms with Crippen LogP contribution in [0.1, 0.15) is 18.1 Å². The molecule has 164 valence electrons. The number of halogens is 1. The lowest BCUT2D eigenvalue weighted by molar-refractivity contribution is -0.114. The maximum Gasteiger partial charge on any atom is 0.264 e. The molecule has 0 saturated carbocycles. The van der Waals surface area contributed by atoms with Crippen LogP contribution in [0, 0.1) is 13.8 Å². The molecule has 1 aromatic heterocycles. The van der Waals surface area contributed by atoms with Crippen molar-refractivity contribution >= 4 is 61.4 Å². The molecule has 1 N–H and O–H groups in total. The van der Waals surface area contributed by atoms with E-state index in [0.29, 0.717) is 21.4 Å². The second-order valence-electron chi connectivity index (χ2n) is 6.61. The first kappa shape index (κ1) is 23.5. The van der Waals surface area contributed by atoms with Gasteiger partial charge < -0.3 is 0 Å². The highest BCUT2D eigenvalue weighted by Gasteiger charge is 2.29. The number of nitrogens with one attached hydrogen (secondary N) is 1. The summed E-state index contributed by atoms with van der Waals surface area (Å²) in [7, 11) is -4.02. The lowest BCUT2D eigenvalue weighted by Crippen LogP contribution is -2.38. The Labute approximate surface area is 194 Å². The maximum absolute atomic E-state index is 13.5. The minimum absolute atomic E-state index is 0.0859. The van der Waals surface area contributed by atoms with Crippen molar-refractivity contribution in [3.8, 4) is 0 Å². The van der Waals surface area contributed by atoms with Crippen LogP contribution in [-0.2, 0) is 14.8 Å². The maximum atomic E-state index is 13.5. The molecule has 0 spiro atoms. The van der Waals surface area contributed by atoms with E-state index in [0.717, 1.165) is 20.0 Å². The number of nitrogens with zero attached hydrogens (tertiary/aromatic N) is 3. The van der Waals surface area contributed by atoms with Gasteiger partial charge in [0.15, 0.2) is 4.34 Å². The number of rotatable bonds is 8. The fourth-order valence-corrected chi connectivity index (χ4v) is 6.03. The molecule has 7 nitrogen and oxygen atoms in total. The predicted molar refractivity (Wildman–Crippen MR) is 127 cm³/mol. The van der Waals surface area contributed by atoms with Gasteiger partial charge in [0.05, 0.1) is 10.6 Å². The van der Waals surface area contributed by atoms with Crippen LogP contribution in [-0.4, -0.2) is 36.8 Å². The van der Waals surface area contributed by atoms with E-state index in [1.54, 1.807) is 31.2 Å². The number of thioether (sulfide) groups is 1. The Morgan fingerprint density at radius 3 is 2.55 bits per heavy atom. The molecule has 3 aromatic rings. The molecule has 0 radical (unpaired) electrons. The third-order valence-corrected chi connectivity index (χ3v) is 8.12. The van der Waals surface area contributed by atoms with Gasteiger partial charge in [0, 0.05) is 5.02 Å². The van der Waals surface area contributed by atoms with E-state index in [1.165, 1.54) is 41.3 Å². The smallest absolute Gasteiger partial charge is 0.264 e. The number of hydrogen-bond acceptors (Lipinski definition) is 7. The second-order valence-corrected chi connectivity index (χ2v) is 11.4. The first-order valence-electron chi connectivity index (χ1n) is 9.32. The quantitative estimate of drug-likeness (QED) is 0.357. The van der Waals surface area contributed by atoms with Gasteiger partial charge in [-0.2, -0.15) is 0 Å². The van der Waals surface area contributed by atoms with Crippen molar-refractivity contribution < 1.29 is 13.2 Å². The summed E-state index contributed by atoms with van der Waals surface area (Å²) in [5, 5.41) is 11.3. The van der Waals surface area contributed by atoms with E-state index >= 15 is 0 Å². The number of hydrogen-bond donors (Lipinski definition) is 1. The van der Waals surface area contributed by atoms with Gasteiger partial charge in [0.2, 0.25) is 11.0 Å². The minimum Gasteiger partial charge on any atom is -0.299 e. The highest BCUT2D eigenvalue weighted by molar-refractivity contribution is 8.01. The first-order chi connectivity index (χ1) is 14.7. The van der Waals surface area contributed by atoms with E-state index in [2.05, 4.69) is 15.5 Å². The molecule has 0 aliphatic carbocycles. The fraction of sp³-hybridized carbons (Fsp3) is 0.250. The van der Waals surface area contributed by atoms with Crippen molar-refractivity contribution in [2.24, 2.45) is 0 Å². The number of sulfonamides is 1. The number of carbonyl (C=O) groups is 1. The standard InChI is InChI=1S/C20H21ClN4O3S3/c1-4-29-20-24-23-19(30-20)22-18(26)12-25(17-11-15(21)8-7-14(17)3)31(27,28)16-9-5-13(2)6-10-16/h5-11H,4,12H2,1-3H3,(H,22,23,26). The van der Waals surface area contributed by atoms with Crippen molar-refractivity contribution in [3.05, 3.63) is 58.6 Å². The van der Waals surface area contributed by atoms with Crippen molar-refractivity contribution in [2.45, 2.75) is 30.0 Å². The second kappa shape index (κ2) is 9.99. The highest BCUT2D eigenvalue weighted by atomic mass is 35.5. The summed E-state index contributed by atoms with van der Waals surface area (Å²) in [6, 6.07) is 11.4. The summed E-state index contributed by atoms with van der Waals surface area (Å²) in [6.07, 6.45) is 0. The molecular formula is C20H21ClN4O3S3. The molecule has 11 heteroatoms. The van der Waals surface area contributed by atoms with E-state index in [1.807, 2.05) is 13.8 Å². The van der Waals surface area contributed by atoms with Crippen molar-refractivity contribution in [1.29, 1.82) is 0 Å². The van der Waals surface area contributed by atoms with Crippen LogP contribution in [0.4, 0.5) is 10.8 Å². The Balaban J connectivity index is 1.94. The normalized spacial score (nSPS) is 11.4. The molecule has 1 amide bonds. The number of aryl methyl sites for hydroxylation is 2. The molecule has 0 fully saturated rings. The molecule has 0 aliphatic heterocycles. The van der Waals surface area contributed by atoms with Crippen LogP contribution in [0.15, 0.2) is 51.7 Å². The van der Waals surface area contributed by atoms with E-state index in [-0.39, 0.29) is 4.90 Å². The Kier molecular flexibility index (Phi) is 7.58. The molecule has 2 aromatic carbocycles. The molecule has 3 rings (SSSR count). The van der Waals surface area contributed by atoms with Gasteiger partial charge in [0.1, 0.15) is 6.54 Å². The first-order valence-corrected chi connectivity index (χ1v) is 12.9. The van der Waals surface area contributed by atoms with Gasteiger partial charge in [-0.15, -0.1) is 10.2 Å². The lowest BCUT2D eigenvalue weighted by Gasteiger charge is -2.25. The Morgan fingerprint density at radius 2 is 1.87 bits per heavy atom. The van der Waals surface area contributed by atoms with Crippen LogP contribution in [0.25, 0.3) is 0 Å². The molecule has 31 heavy (non-hydrogen) atoms. The van der Waals surface area contributed by atoms with E-state index in [9.17, 15) is 13.2 Å². The highest BCUT2D eigenvalue weighted by Crippen LogP contribution is 2.30. The fourth-order valence-electron chi connectivity index (χ4n) is 2.72. The third kappa shape index (κ3) is 5.76. The zero-order valence-corrected chi connectivity index (χ0v) is 20.3. The van der Waals surface area contributed by atoms with Gasteiger partial charge in [-0.05, 0) is 49.4 Å². The SMILES string of the molecule is CCSc1nnc(NC(=O)CN(c2cc(Cl)ccc2C)S(=O)(=O)c2ccc(C)cc2)s1. The molecule has 0 unspecified atom stereocenters. The summed E-state index contributed by atoms with van der Waals surface area (Å²) < 4.78 is 28.7. The van der Waals surface area contributed by atoms with Crippen molar-refractivity contribution in [2.75, 3.05) is 21.9 Å². The number of carbonyl (C=O) groups excluding carboxylic acids is 1. The molecule has 0 aliphatic rings. The zero-order chi connectivity index (χ0) is 22.6. The minimum atomic E-state index is -4.02. The van der Waals surface area contributed by atoms with Crippen LogP contribution in [0.2, 0.25) is 5.02 Å². The predicted octanol–water partition coefficient (Wildman–Crippen LogP) is 4.75. The summed E-state index contributed by atoms with van der Waals surface area (Å²) >= 11 is 8.89. The number of amides is 1. The molecule has 0 bridgehead atoms. The zero-order valence-electron chi connectivity index (χ0n) is 17.1. The lowest BCUT2D eigenvalue weighted by atomic mass is 10.2. The Hall–Kier alpha value is -2.14. The van der Waals surface area contributed by atoms with Crippen LogP contribution < -0.4 is 9.62 Å². The molecule has 0 atom stereocenters. The number of aromatic nitrogens is 2. The van der Waals surface area contributed by atoms with Gasteiger partial charge >= 0.3 is 0 Å². The summed E-state index contributed by atoms with van der Waals surface area (Å²) in [4.78, 5) is 12.9. The van der Waals surface area contributed by atoms with Gasteiger partial charge in [-0.3, -0.25) is 14.4 Å². The van der Waals surface area contributed by atoms with Crippen molar-refractivity contribution in [1.82, 2.24) is 10.2 Å². The summed E-state index contributed by atoms with van der Waals surface area (Å²) in [5.41, 5.74) is 1.94. The van der Waals surface area contributed by atoms with Gasteiger partial charge in [0.25, 0.3) is 10.0 Å². The third-order valence-electron chi connectivity index (χ3n) is 4.26. The van der Waals surface area contributed by atoms with Crippen LogP contribution in [0.3, 0.4) is 0 Å². The van der Waals surface area contributed by atoms with E-state index < -0.39 is 22.5 Å². The Bertz CT molecular complexity index is 1180.